The monoisotopic (exact) mass is 299 g/mol. The molecule has 2 N–H and O–H groups in total. The molecule has 2 aromatic rings. The van der Waals surface area contributed by atoms with Crippen molar-refractivity contribution in [3.05, 3.63) is 34.3 Å². The van der Waals surface area contributed by atoms with Crippen LogP contribution in [0.25, 0.3) is 11.5 Å². The molecule has 1 heterocycles. The molecule has 0 aliphatic carbocycles. The van der Waals surface area contributed by atoms with Gasteiger partial charge in [0.2, 0.25) is 0 Å². The van der Waals surface area contributed by atoms with Gasteiger partial charge in [0.25, 0.3) is 5.89 Å². The minimum absolute atomic E-state index is 0.0137. The molecule has 0 fully saturated rings. The molecule has 0 saturated heterocycles. The average Bonchev–Trinajstić information content (AvgIpc) is 2.81. The summed E-state index contributed by atoms with van der Waals surface area (Å²) in [4.78, 5) is 4.20. The minimum atomic E-state index is -0.367. The first-order valence-electron chi connectivity index (χ1n) is 5.11. The Morgan fingerprint density at radius 2 is 2.29 bits per heavy atom. The summed E-state index contributed by atoms with van der Waals surface area (Å²) in [5, 5.41) is 3.82. The lowest BCUT2D eigenvalue weighted by Gasteiger charge is -2.00. The lowest BCUT2D eigenvalue weighted by atomic mass is 10.2. The van der Waals surface area contributed by atoms with Gasteiger partial charge in [-0.1, -0.05) is 18.1 Å². The summed E-state index contributed by atoms with van der Waals surface area (Å²) in [6, 6.07) is 4.65. The molecule has 1 aromatic carbocycles. The van der Waals surface area contributed by atoms with Gasteiger partial charge in [-0.05, 0) is 28.1 Å². The van der Waals surface area contributed by atoms with Crippen molar-refractivity contribution in [2.24, 2.45) is 5.73 Å². The number of nitrogens with two attached hydrogens (primary N) is 1. The van der Waals surface area contributed by atoms with E-state index in [-0.39, 0.29) is 17.6 Å². The van der Waals surface area contributed by atoms with Gasteiger partial charge >= 0.3 is 0 Å². The van der Waals surface area contributed by atoms with Gasteiger partial charge in [-0.2, -0.15) is 4.98 Å². The van der Waals surface area contributed by atoms with Crippen LogP contribution < -0.4 is 5.73 Å². The molecule has 0 bridgehead atoms. The van der Waals surface area contributed by atoms with Crippen LogP contribution in [0.1, 0.15) is 18.7 Å². The first-order valence-corrected chi connectivity index (χ1v) is 5.91. The number of hydrogen-bond acceptors (Lipinski definition) is 4. The zero-order chi connectivity index (χ0) is 12.4. The predicted octanol–water partition coefficient (Wildman–Crippen LogP) is 2.70. The lowest BCUT2D eigenvalue weighted by molar-refractivity contribution is 0.417. The van der Waals surface area contributed by atoms with E-state index in [1.54, 1.807) is 12.1 Å². The Bertz CT molecular complexity index is 529. The quantitative estimate of drug-likeness (QED) is 0.946. The van der Waals surface area contributed by atoms with E-state index >= 15 is 0 Å². The highest BCUT2D eigenvalue weighted by Gasteiger charge is 2.16. The van der Waals surface area contributed by atoms with Gasteiger partial charge in [-0.25, -0.2) is 4.39 Å². The maximum absolute atomic E-state index is 13.3. The van der Waals surface area contributed by atoms with Crippen molar-refractivity contribution in [3.63, 3.8) is 0 Å². The molecule has 6 heteroatoms. The molecule has 90 valence electrons. The van der Waals surface area contributed by atoms with Crippen molar-refractivity contribution in [2.75, 3.05) is 6.54 Å². The summed E-state index contributed by atoms with van der Waals surface area (Å²) in [7, 11) is 0. The molecule has 0 spiro atoms. The van der Waals surface area contributed by atoms with Gasteiger partial charge in [-0.15, -0.1) is 0 Å². The van der Waals surface area contributed by atoms with Gasteiger partial charge in [0.15, 0.2) is 5.82 Å². The predicted molar refractivity (Wildman–Crippen MR) is 64.9 cm³/mol. The SMILES string of the molecule is CC(CN)c1noc(-c2cccc(F)c2Br)n1. The largest absolute Gasteiger partial charge is 0.334 e. The van der Waals surface area contributed by atoms with Crippen LogP contribution in [0.4, 0.5) is 4.39 Å². The molecule has 0 aliphatic heterocycles. The first kappa shape index (κ1) is 12.2. The molecule has 0 amide bonds. The van der Waals surface area contributed by atoms with Gasteiger partial charge in [0, 0.05) is 12.5 Å². The molecule has 17 heavy (non-hydrogen) atoms. The Morgan fingerprint density at radius 3 is 3.00 bits per heavy atom. The summed E-state index contributed by atoms with van der Waals surface area (Å²) < 4.78 is 18.8. The van der Waals surface area contributed by atoms with E-state index < -0.39 is 0 Å². The second-order valence-corrected chi connectivity index (χ2v) is 4.49. The molecule has 1 unspecified atom stereocenters. The Morgan fingerprint density at radius 1 is 1.53 bits per heavy atom. The average molecular weight is 300 g/mol. The van der Waals surface area contributed by atoms with Gasteiger partial charge in [0.1, 0.15) is 5.82 Å². The topological polar surface area (TPSA) is 64.9 Å². The second kappa shape index (κ2) is 4.93. The molecule has 4 nitrogen and oxygen atoms in total. The van der Waals surface area contributed by atoms with Crippen LogP contribution in [-0.2, 0) is 0 Å². The van der Waals surface area contributed by atoms with E-state index in [0.717, 1.165) is 0 Å². The summed E-state index contributed by atoms with van der Waals surface area (Å²) >= 11 is 3.15. The van der Waals surface area contributed by atoms with Gasteiger partial charge in [0.05, 0.1) is 10.0 Å². The Hall–Kier alpha value is -1.27. The van der Waals surface area contributed by atoms with E-state index in [1.807, 2.05) is 6.92 Å². The highest BCUT2D eigenvalue weighted by atomic mass is 79.9. The van der Waals surface area contributed by atoms with Crippen LogP contribution in [0.3, 0.4) is 0 Å². The molecular formula is C11H11BrFN3O. The Kier molecular flexibility index (Phi) is 3.54. The molecule has 0 aliphatic rings. The second-order valence-electron chi connectivity index (χ2n) is 3.70. The van der Waals surface area contributed by atoms with Crippen LogP contribution in [0, 0.1) is 5.82 Å². The highest BCUT2D eigenvalue weighted by molar-refractivity contribution is 9.10. The number of benzene rings is 1. The zero-order valence-electron chi connectivity index (χ0n) is 9.15. The van der Waals surface area contributed by atoms with Crippen molar-refractivity contribution in [3.8, 4) is 11.5 Å². The fourth-order valence-corrected chi connectivity index (χ4v) is 1.75. The third-order valence-corrected chi connectivity index (χ3v) is 3.22. The van der Waals surface area contributed by atoms with Crippen molar-refractivity contribution in [1.29, 1.82) is 0 Å². The summed E-state index contributed by atoms with van der Waals surface area (Å²) in [5.41, 5.74) is 6.05. The number of halogens is 2. The molecule has 2 rings (SSSR count). The fourth-order valence-electron chi connectivity index (χ4n) is 1.32. The fraction of sp³-hybridized carbons (Fsp3) is 0.273. The van der Waals surface area contributed by atoms with Crippen LogP contribution in [-0.4, -0.2) is 16.7 Å². The smallest absolute Gasteiger partial charge is 0.259 e. The van der Waals surface area contributed by atoms with Crippen molar-refractivity contribution >= 4 is 15.9 Å². The molecule has 0 radical (unpaired) electrons. The number of nitrogens with zero attached hydrogens (tertiary/aromatic N) is 2. The molecule has 1 aromatic heterocycles. The van der Waals surface area contributed by atoms with Crippen LogP contribution in [0.5, 0.6) is 0 Å². The van der Waals surface area contributed by atoms with Gasteiger partial charge < -0.3 is 10.3 Å². The number of rotatable bonds is 3. The highest BCUT2D eigenvalue weighted by Crippen LogP contribution is 2.29. The summed E-state index contributed by atoms with van der Waals surface area (Å²) in [6.45, 7) is 2.33. The number of hydrogen-bond donors (Lipinski definition) is 1. The van der Waals surface area contributed by atoms with E-state index in [1.165, 1.54) is 6.07 Å². The lowest BCUT2D eigenvalue weighted by Crippen LogP contribution is -2.10. The van der Waals surface area contributed by atoms with E-state index in [9.17, 15) is 4.39 Å². The van der Waals surface area contributed by atoms with E-state index in [4.69, 9.17) is 10.3 Å². The summed E-state index contributed by atoms with van der Waals surface area (Å²) in [5.74, 6) is 0.458. The van der Waals surface area contributed by atoms with Crippen molar-refractivity contribution in [2.45, 2.75) is 12.8 Å². The van der Waals surface area contributed by atoms with E-state index in [0.29, 0.717) is 22.4 Å². The Labute approximate surface area is 106 Å². The Balaban J connectivity index is 2.40. The van der Waals surface area contributed by atoms with Crippen molar-refractivity contribution in [1.82, 2.24) is 10.1 Å². The maximum atomic E-state index is 13.3. The third-order valence-electron chi connectivity index (χ3n) is 2.42. The summed E-state index contributed by atoms with van der Waals surface area (Å²) in [6.07, 6.45) is 0. The van der Waals surface area contributed by atoms with Crippen LogP contribution >= 0.6 is 15.9 Å². The molecule has 1 atom stereocenters. The van der Waals surface area contributed by atoms with E-state index in [2.05, 4.69) is 26.1 Å². The standard InChI is InChI=1S/C11H11BrFN3O/c1-6(5-14)10-15-11(17-16-10)7-3-2-4-8(13)9(7)12/h2-4,6H,5,14H2,1H3. The zero-order valence-corrected chi connectivity index (χ0v) is 10.7. The minimum Gasteiger partial charge on any atom is -0.334 e. The van der Waals surface area contributed by atoms with Crippen LogP contribution in [0.2, 0.25) is 0 Å². The third kappa shape index (κ3) is 2.37. The number of aromatic nitrogens is 2. The van der Waals surface area contributed by atoms with Crippen molar-refractivity contribution < 1.29 is 8.91 Å². The maximum Gasteiger partial charge on any atom is 0.259 e. The first-order chi connectivity index (χ1) is 8.13. The normalized spacial score (nSPS) is 12.7. The van der Waals surface area contributed by atoms with Crippen LogP contribution in [0.15, 0.2) is 27.2 Å². The van der Waals surface area contributed by atoms with Gasteiger partial charge in [-0.3, -0.25) is 0 Å². The molecule has 0 saturated carbocycles. The molecular weight excluding hydrogens is 289 g/mol.